The van der Waals surface area contributed by atoms with E-state index in [0.29, 0.717) is 0 Å². The number of anilines is 2. The number of nitrogen functional groups attached to an aromatic ring is 2. The Morgan fingerprint density at radius 2 is 1.84 bits per heavy atom. The fourth-order valence-electron chi connectivity index (χ4n) is 3.71. The number of amides is 1. The zero-order valence-corrected chi connectivity index (χ0v) is 21.2. The molecule has 1 amide bonds. The number of aromatic amines is 1. The lowest BCUT2D eigenvalue weighted by atomic mass is 10.2. The Hall–Kier alpha value is -4.43. The monoisotopic (exact) mass is 540 g/mol. The zero-order valence-electron chi connectivity index (χ0n) is 20.3. The van der Waals surface area contributed by atoms with Crippen LogP contribution < -0.4 is 27.7 Å². The summed E-state index contributed by atoms with van der Waals surface area (Å²) < 4.78 is 21.6. The minimum Gasteiger partial charge on any atom is -0.383 e. The molecule has 12 nitrogen and oxygen atoms in total. The van der Waals surface area contributed by atoms with Gasteiger partial charge in [0.05, 0.1) is 24.5 Å². The summed E-state index contributed by atoms with van der Waals surface area (Å²) in [5.41, 5.74) is 5.52. The number of halogens is 1. The second-order valence-corrected chi connectivity index (χ2v) is 8.99. The second-order valence-electron chi connectivity index (χ2n) is 8.05. The molecule has 0 aliphatic heterocycles. The Balaban J connectivity index is 1.61. The van der Waals surface area contributed by atoms with Gasteiger partial charge in [-0.1, -0.05) is 54.2 Å². The van der Waals surface area contributed by atoms with Gasteiger partial charge in [0.1, 0.15) is 11.6 Å². The quantitative estimate of drug-likeness (QED) is 0.197. The number of carbonyl (C=O) groups is 1. The summed E-state index contributed by atoms with van der Waals surface area (Å²) in [4.78, 5) is 42.1. The maximum Gasteiger partial charge on any atom is 0.330 e. The van der Waals surface area contributed by atoms with E-state index in [0.717, 1.165) is 26.9 Å². The number of nitrogens with two attached hydrogens (primary N) is 2. The Kier molecular flexibility index (Phi) is 8.23. The number of hydrogen-bond acceptors (Lipinski definition) is 9. The number of hydrogen-bond donors (Lipinski definition) is 3. The summed E-state index contributed by atoms with van der Waals surface area (Å²) in [5.74, 6) is 4.72. The normalized spacial score (nSPS) is 11.0. The van der Waals surface area contributed by atoms with E-state index in [1.807, 2.05) is 18.2 Å². The highest BCUT2D eigenvalue weighted by atomic mass is 32.2. The van der Waals surface area contributed by atoms with Crippen LogP contribution in [0.1, 0.15) is 5.56 Å². The Labute approximate surface area is 220 Å². The number of methoxy groups -OCH3 is 1. The van der Waals surface area contributed by atoms with Crippen molar-refractivity contribution in [1.82, 2.24) is 24.4 Å². The molecule has 0 spiro atoms. The topological polar surface area (TPSA) is 167 Å². The van der Waals surface area contributed by atoms with Crippen molar-refractivity contribution < 1.29 is 13.9 Å². The van der Waals surface area contributed by atoms with Crippen molar-refractivity contribution >= 4 is 29.2 Å². The zero-order chi connectivity index (χ0) is 27.2. The van der Waals surface area contributed by atoms with E-state index in [9.17, 15) is 18.8 Å². The number of aromatic nitrogens is 5. The number of benzene rings is 2. The van der Waals surface area contributed by atoms with Crippen molar-refractivity contribution in [2.45, 2.75) is 11.7 Å². The van der Waals surface area contributed by atoms with E-state index < -0.39 is 23.0 Å². The molecule has 0 saturated heterocycles. The molecule has 4 rings (SSSR count). The summed E-state index contributed by atoms with van der Waals surface area (Å²) >= 11 is 0.943. The summed E-state index contributed by atoms with van der Waals surface area (Å²) in [6.07, 6.45) is 0. The molecule has 198 valence electrons. The van der Waals surface area contributed by atoms with Crippen LogP contribution in [-0.2, 0) is 16.1 Å². The number of rotatable bonds is 10. The van der Waals surface area contributed by atoms with Crippen LogP contribution in [0.2, 0.25) is 0 Å². The molecule has 0 unspecified atom stereocenters. The van der Waals surface area contributed by atoms with E-state index in [2.05, 4.69) is 15.2 Å². The molecule has 14 heteroatoms. The molecule has 4 aromatic rings. The van der Waals surface area contributed by atoms with Gasteiger partial charge in [-0.25, -0.2) is 13.9 Å². The van der Waals surface area contributed by atoms with Gasteiger partial charge < -0.3 is 21.2 Å². The van der Waals surface area contributed by atoms with Gasteiger partial charge in [0.2, 0.25) is 11.1 Å². The van der Waals surface area contributed by atoms with Gasteiger partial charge in [-0.05, 0) is 17.7 Å². The van der Waals surface area contributed by atoms with Crippen LogP contribution in [0, 0.1) is 5.82 Å². The molecule has 2 heterocycles. The molecule has 2 aromatic heterocycles. The molecule has 0 radical (unpaired) electrons. The van der Waals surface area contributed by atoms with Gasteiger partial charge in [-0.15, -0.1) is 10.2 Å². The van der Waals surface area contributed by atoms with Gasteiger partial charge >= 0.3 is 5.69 Å². The average molecular weight is 541 g/mol. The molecule has 0 fully saturated rings. The van der Waals surface area contributed by atoms with Crippen molar-refractivity contribution in [3.05, 3.63) is 86.8 Å². The van der Waals surface area contributed by atoms with Crippen molar-refractivity contribution in [3.8, 4) is 11.4 Å². The molecule has 0 saturated carbocycles. The van der Waals surface area contributed by atoms with E-state index in [1.54, 1.807) is 18.2 Å². The fraction of sp³-hybridized carbons (Fsp3) is 0.208. The smallest absolute Gasteiger partial charge is 0.330 e. The van der Waals surface area contributed by atoms with Crippen LogP contribution in [0.25, 0.3) is 11.4 Å². The summed E-state index contributed by atoms with van der Waals surface area (Å²) in [6.45, 7) is 0.172. The number of nitrogens with zero attached hydrogens (tertiary/aromatic N) is 5. The lowest BCUT2D eigenvalue weighted by molar-refractivity contribution is -0.116. The molecule has 0 bridgehead atoms. The first-order valence-corrected chi connectivity index (χ1v) is 12.3. The third-order valence-corrected chi connectivity index (χ3v) is 6.52. The first-order chi connectivity index (χ1) is 18.3. The molecule has 0 atom stereocenters. The number of H-pyrrole nitrogens is 1. The van der Waals surface area contributed by atoms with E-state index in [4.69, 9.17) is 16.3 Å². The molecule has 2 aromatic carbocycles. The second kappa shape index (κ2) is 11.7. The SMILES string of the molecule is COCCN(C(=O)CSc1nnc(-c2ccccc2F)n1N)c1c(N)n(Cc2ccccc2)c(=O)[nH]c1=O. The first kappa shape index (κ1) is 26.6. The third kappa shape index (κ3) is 5.60. The highest BCUT2D eigenvalue weighted by Gasteiger charge is 2.25. The Morgan fingerprint density at radius 3 is 2.55 bits per heavy atom. The van der Waals surface area contributed by atoms with Crippen LogP contribution in [0.3, 0.4) is 0 Å². The van der Waals surface area contributed by atoms with Crippen LogP contribution in [0.15, 0.2) is 69.3 Å². The summed E-state index contributed by atoms with van der Waals surface area (Å²) in [6, 6.07) is 15.0. The number of carbonyl (C=O) groups excluding carboxylic acids is 1. The Bertz CT molecular complexity index is 1550. The maximum atomic E-state index is 14.2. The highest BCUT2D eigenvalue weighted by molar-refractivity contribution is 7.99. The van der Waals surface area contributed by atoms with E-state index in [1.165, 1.54) is 29.9 Å². The van der Waals surface area contributed by atoms with Gasteiger partial charge in [-0.3, -0.25) is 19.1 Å². The lowest BCUT2D eigenvalue weighted by Crippen LogP contribution is -2.43. The minimum absolute atomic E-state index is 0.0114. The number of thioether (sulfide) groups is 1. The molecular weight excluding hydrogens is 515 g/mol. The van der Waals surface area contributed by atoms with Crippen molar-refractivity contribution in [3.63, 3.8) is 0 Å². The van der Waals surface area contributed by atoms with Crippen molar-refractivity contribution in [1.29, 1.82) is 0 Å². The van der Waals surface area contributed by atoms with Crippen LogP contribution in [-0.4, -0.2) is 56.3 Å². The first-order valence-electron chi connectivity index (χ1n) is 11.4. The van der Waals surface area contributed by atoms with Crippen LogP contribution in [0.5, 0.6) is 0 Å². The van der Waals surface area contributed by atoms with Crippen molar-refractivity contribution in [2.75, 3.05) is 42.5 Å². The number of ether oxygens (including phenoxy) is 1. The third-order valence-electron chi connectivity index (χ3n) is 5.59. The van der Waals surface area contributed by atoms with Gasteiger partial charge in [-0.2, -0.15) is 0 Å². The predicted octanol–water partition coefficient (Wildman–Crippen LogP) is 1.05. The standard InChI is InChI=1S/C24H25FN8O4S/c1-37-12-11-31(19-20(26)32(23(36)28-22(19)35)13-15-7-3-2-4-8-15)18(34)14-38-24-30-29-21(33(24)27)16-9-5-6-10-17(16)25/h2-10H,11-14,26-27H2,1H3,(H,28,35,36). The fourth-order valence-corrected chi connectivity index (χ4v) is 4.44. The average Bonchev–Trinajstić information content (AvgIpc) is 3.27. The molecule has 5 N–H and O–H groups in total. The summed E-state index contributed by atoms with van der Waals surface area (Å²) in [7, 11) is 1.45. The molecular formula is C24H25FN8O4S. The summed E-state index contributed by atoms with van der Waals surface area (Å²) in [5, 5.41) is 8.05. The maximum absolute atomic E-state index is 14.2. The largest absolute Gasteiger partial charge is 0.383 e. The van der Waals surface area contributed by atoms with Gasteiger partial charge in [0.25, 0.3) is 5.56 Å². The molecule has 38 heavy (non-hydrogen) atoms. The van der Waals surface area contributed by atoms with Crippen LogP contribution in [0.4, 0.5) is 15.9 Å². The predicted molar refractivity (Wildman–Crippen MR) is 142 cm³/mol. The van der Waals surface area contributed by atoms with E-state index in [-0.39, 0.29) is 53.5 Å². The lowest BCUT2D eigenvalue weighted by Gasteiger charge is -2.24. The van der Waals surface area contributed by atoms with E-state index >= 15 is 0 Å². The van der Waals surface area contributed by atoms with Gasteiger partial charge in [0.15, 0.2) is 11.5 Å². The minimum atomic E-state index is -0.810. The Morgan fingerprint density at radius 1 is 1.13 bits per heavy atom. The highest BCUT2D eigenvalue weighted by Crippen LogP contribution is 2.25. The molecule has 0 aliphatic carbocycles. The molecule has 0 aliphatic rings. The van der Waals surface area contributed by atoms with Crippen LogP contribution >= 0.6 is 11.8 Å². The van der Waals surface area contributed by atoms with Crippen molar-refractivity contribution in [2.24, 2.45) is 0 Å². The number of nitrogens with one attached hydrogen (secondary N) is 1. The van der Waals surface area contributed by atoms with Gasteiger partial charge in [0, 0.05) is 13.7 Å².